The van der Waals surface area contributed by atoms with Gasteiger partial charge in [0.05, 0.1) is 19.2 Å². The average molecular weight is 276 g/mol. The van der Waals surface area contributed by atoms with E-state index in [1.54, 1.807) is 26.8 Å². The zero-order chi connectivity index (χ0) is 14.9. The van der Waals surface area contributed by atoms with Crippen LogP contribution < -0.4 is 0 Å². The largest absolute Gasteiger partial charge is 0.444 e. The number of carbonyl (C=O) groups is 1. The number of nitriles is 1. The molecule has 0 spiro atoms. The maximum atomic E-state index is 13.7. The predicted octanol–water partition coefficient (Wildman–Crippen LogP) is 1.76. The molecule has 0 aromatic rings. The SMILES string of the molecule is CC(C)(C)OC(=O)N1CC(C#N)(C(F)(F)CCO)C1. The highest BCUT2D eigenvalue weighted by atomic mass is 19.3. The summed E-state index contributed by atoms with van der Waals surface area (Å²) in [5, 5.41) is 17.6. The summed E-state index contributed by atoms with van der Waals surface area (Å²) in [4.78, 5) is 12.7. The number of nitrogens with zero attached hydrogens (tertiary/aromatic N) is 2. The molecule has 0 radical (unpaired) electrons. The van der Waals surface area contributed by atoms with E-state index in [1.165, 1.54) is 0 Å². The van der Waals surface area contributed by atoms with Crippen LogP contribution in [0.25, 0.3) is 0 Å². The van der Waals surface area contributed by atoms with Crippen LogP contribution in [0.3, 0.4) is 0 Å². The number of alkyl halides is 2. The molecule has 7 heteroatoms. The van der Waals surface area contributed by atoms with Gasteiger partial charge in [-0.3, -0.25) is 0 Å². The minimum absolute atomic E-state index is 0.384. The van der Waals surface area contributed by atoms with E-state index in [0.29, 0.717) is 0 Å². The summed E-state index contributed by atoms with van der Waals surface area (Å²) in [5.74, 6) is -3.32. The number of carbonyl (C=O) groups excluding carboxylic acids is 1. The van der Waals surface area contributed by atoms with Gasteiger partial charge in [-0.05, 0) is 20.8 Å². The number of hydrogen-bond acceptors (Lipinski definition) is 4. The van der Waals surface area contributed by atoms with Crippen molar-refractivity contribution in [3.63, 3.8) is 0 Å². The summed E-state index contributed by atoms with van der Waals surface area (Å²) in [6, 6.07) is 1.58. The molecule has 0 atom stereocenters. The lowest BCUT2D eigenvalue weighted by molar-refractivity contribution is -0.163. The van der Waals surface area contributed by atoms with Crippen LogP contribution in [-0.4, -0.2) is 47.3 Å². The predicted molar refractivity (Wildman–Crippen MR) is 62.5 cm³/mol. The molecule has 0 aromatic heterocycles. The molecule has 0 aliphatic carbocycles. The molecule has 1 aliphatic heterocycles. The minimum Gasteiger partial charge on any atom is -0.444 e. The molecule has 1 aliphatic rings. The zero-order valence-electron chi connectivity index (χ0n) is 11.2. The van der Waals surface area contributed by atoms with Gasteiger partial charge in [0.25, 0.3) is 5.92 Å². The van der Waals surface area contributed by atoms with Gasteiger partial charge in [0.1, 0.15) is 5.60 Å². The number of likely N-dealkylation sites (tertiary alicyclic amines) is 1. The third-order valence-electron chi connectivity index (χ3n) is 2.91. The maximum absolute atomic E-state index is 13.7. The van der Waals surface area contributed by atoms with Gasteiger partial charge in [-0.25, -0.2) is 13.6 Å². The van der Waals surface area contributed by atoms with Crippen molar-refractivity contribution in [3.05, 3.63) is 0 Å². The van der Waals surface area contributed by atoms with Crippen LogP contribution >= 0.6 is 0 Å². The smallest absolute Gasteiger partial charge is 0.410 e. The molecule has 0 aromatic carbocycles. The van der Waals surface area contributed by atoms with E-state index in [1.807, 2.05) is 0 Å². The molecule has 1 N–H and O–H groups in total. The lowest BCUT2D eigenvalue weighted by atomic mass is 9.74. The van der Waals surface area contributed by atoms with Crippen molar-refractivity contribution in [3.8, 4) is 6.07 Å². The number of halogens is 2. The van der Waals surface area contributed by atoms with Gasteiger partial charge in [0.15, 0.2) is 5.41 Å². The standard InChI is InChI=1S/C12H18F2N2O3/c1-10(2,3)19-9(18)16-7-11(6-15,8-16)12(13,14)4-5-17/h17H,4-5,7-8H2,1-3H3. The van der Waals surface area contributed by atoms with Gasteiger partial charge >= 0.3 is 6.09 Å². The fourth-order valence-electron chi connectivity index (χ4n) is 1.82. The number of rotatable bonds is 3. The Balaban J connectivity index is 2.68. The van der Waals surface area contributed by atoms with E-state index < -0.39 is 36.1 Å². The zero-order valence-corrected chi connectivity index (χ0v) is 11.2. The Hall–Kier alpha value is -1.42. The molecule has 0 saturated carbocycles. The van der Waals surface area contributed by atoms with Gasteiger partial charge in [-0.2, -0.15) is 5.26 Å². The number of ether oxygens (including phenoxy) is 1. The van der Waals surface area contributed by atoms with Gasteiger partial charge in [0, 0.05) is 13.0 Å². The second-order valence-electron chi connectivity index (χ2n) is 5.71. The Morgan fingerprint density at radius 3 is 2.37 bits per heavy atom. The number of amides is 1. The Morgan fingerprint density at radius 2 is 2.00 bits per heavy atom. The lowest BCUT2D eigenvalue weighted by Gasteiger charge is -2.48. The minimum atomic E-state index is -3.32. The number of aliphatic hydroxyl groups is 1. The van der Waals surface area contributed by atoms with Gasteiger partial charge in [-0.1, -0.05) is 0 Å². The van der Waals surface area contributed by atoms with Gasteiger partial charge in [-0.15, -0.1) is 0 Å². The van der Waals surface area contributed by atoms with Gasteiger partial charge in [0.2, 0.25) is 0 Å². The Kier molecular flexibility index (Phi) is 4.06. The quantitative estimate of drug-likeness (QED) is 0.852. The second-order valence-corrected chi connectivity index (χ2v) is 5.71. The van der Waals surface area contributed by atoms with Crippen LogP contribution in [0.1, 0.15) is 27.2 Å². The van der Waals surface area contributed by atoms with E-state index in [-0.39, 0.29) is 13.1 Å². The Morgan fingerprint density at radius 1 is 1.47 bits per heavy atom. The summed E-state index contributed by atoms with van der Waals surface area (Å²) < 4.78 is 32.5. The highest BCUT2D eigenvalue weighted by Crippen LogP contribution is 2.46. The van der Waals surface area contributed by atoms with E-state index in [9.17, 15) is 13.6 Å². The molecule has 1 amide bonds. The summed E-state index contributed by atoms with van der Waals surface area (Å²) in [5.41, 5.74) is -2.64. The maximum Gasteiger partial charge on any atom is 0.410 e. The fraction of sp³-hybridized carbons (Fsp3) is 0.833. The Bertz CT molecular complexity index is 393. The number of aliphatic hydroxyl groups excluding tert-OH is 1. The van der Waals surface area contributed by atoms with E-state index in [0.717, 1.165) is 4.90 Å². The first-order chi connectivity index (χ1) is 8.57. The van der Waals surface area contributed by atoms with Crippen molar-refractivity contribution in [1.82, 2.24) is 4.90 Å². The third kappa shape index (κ3) is 3.13. The fourth-order valence-corrected chi connectivity index (χ4v) is 1.82. The summed E-state index contributed by atoms with van der Waals surface area (Å²) >= 11 is 0. The molecular weight excluding hydrogens is 258 g/mol. The first-order valence-corrected chi connectivity index (χ1v) is 5.95. The van der Waals surface area contributed by atoms with Crippen molar-refractivity contribution < 1.29 is 23.4 Å². The first kappa shape index (κ1) is 15.6. The summed E-state index contributed by atoms with van der Waals surface area (Å²) in [6.45, 7) is 3.54. The van der Waals surface area contributed by atoms with Crippen molar-refractivity contribution >= 4 is 6.09 Å². The topological polar surface area (TPSA) is 73.6 Å². The van der Waals surface area contributed by atoms with Crippen LogP contribution in [0.5, 0.6) is 0 Å². The van der Waals surface area contributed by atoms with E-state index in [2.05, 4.69) is 0 Å². The molecule has 1 saturated heterocycles. The third-order valence-corrected chi connectivity index (χ3v) is 2.91. The van der Waals surface area contributed by atoms with Crippen molar-refractivity contribution in [1.29, 1.82) is 5.26 Å². The van der Waals surface area contributed by atoms with Crippen LogP contribution in [0, 0.1) is 16.7 Å². The van der Waals surface area contributed by atoms with E-state index in [4.69, 9.17) is 15.1 Å². The molecule has 1 fully saturated rings. The van der Waals surface area contributed by atoms with Crippen molar-refractivity contribution in [2.45, 2.75) is 38.7 Å². The molecule has 108 valence electrons. The highest BCUT2D eigenvalue weighted by Gasteiger charge is 2.62. The average Bonchev–Trinajstić information content (AvgIpc) is 2.12. The van der Waals surface area contributed by atoms with Crippen LogP contribution in [0.15, 0.2) is 0 Å². The monoisotopic (exact) mass is 276 g/mol. The molecule has 1 rings (SSSR count). The van der Waals surface area contributed by atoms with Crippen molar-refractivity contribution in [2.24, 2.45) is 5.41 Å². The van der Waals surface area contributed by atoms with Crippen LogP contribution in [0.4, 0.5) is 13.6 Å². The molecule has 0 unspecified atom stereocenters. The molecule has 5 nitrogen and oxygen atoms in total. The van der Waals surface area contributed by atoms with Crippen LogP contribution in [0.2, 0.25) is 0 Å². The Labute approximate surface area is 110 Å². The molecule has 19 heavy (non-hydrogen) atoms. The normalized spacial score (nSPS) is 18.5. The molecule has 1 heterocycles. The van der Waals surface area contributed by atoms with Crippen LogP contribution in [-0.2, 0) is 4.74 Å². The first-order valence-electron chi connectivity index (χ1n) is 5.95. The number of hydrogen-bond donors (Lipinski definition) is 1. The second kappa shape index (κ2) is 4.93. The van der Waals surface area contributed by atoms with E-state index >= 15 is 0 Å². The molecule has 0 bridgehead atoms. The lowest BCUT2D eigenvalue weighted by Crippen LogP contribution is -2.66. The summed E-state index contributed by atoms with van der Waals surface area (Å²) in [7, 11) is 0. The summed E-state index contributed by atoms with van der Waals surface area (Å²) in [6.07, 6.45) is -1.50. The van der Waals surface area contributed by atoms with Crippen molar-refractivity contribution in [2.75, 3.05) is 19.7 Å². The molecular formula is C12H18F2N2O3. The van der Waals surface area contributed by atoms with Gasteiger partial charge < -0.3 is 14.7 Å². The highest BCUT2D eigenvalue weighted by molar-refractivity contribution is 5.70.